The molecule has 2 aromatic rings. The van der Waals surface area contributed by atoms with Crippen molar-refractivity contribution in [2.24, 2.45) is 0 Å². The van der Waals surface area contributed by atoms with E-state index in [2.05, 4.69) is 12.1 Å². The van der Waals surface area contributed by atoms with Gasteiger partial charge < -0.3 is 19.3 Å². The van der Waals surface area contributed by atoms with Crippen molar-refractivity contribution in [1.29, 1.82) is 0 Å². The molecular formula is C17H20N2O4S. The Kier molecular flexibility index (Phi) is 5.42. The van der Waals surface area contributed by atoms with Crippen LogP contribution in [-0.2, 0) is 10.5 Å². The van der Waals surface area contributed by atoms with Crippen molar-refractivity contribution in [2.75, 3.05) is 25.4 Å². The molecule has 1 saturated heterocycles. The van der Waals surface area contributed by atoms with Gasteiger partial charge in [0.2, 0.25) is 0 Å². The first-order valence-corrected chi connectivity index (χ1v) is 9.06. The first-order valence-electron chi connectivity index (χ1n) is 7.90. The number of ether oxygens (including phenoxy) is 1. The first-order chi connectivity index (χ1) is 11.7. The summed E-state index contributed by atoms with van der Waals surface area (Å²) >= 11 is 1.72. The number of aromatic nitrogens is 1. The zero-order chi connectivity index (χ0) is 16.9. The van der Waals surface area contributed by atoms with Crippen LogP contribution in [0.15, 0.2) is 34.9 Å². The van der Waals surface area contributed by atoms with Gasteiger partial charge in [-0.2, -0.15) is 11.8 Å². The number of benzene rings is 1. The van der Waals surface area contributed by atoms with Gasteiger partial charge in [0.25, 0.3) is 5.91 Å². The van der Waals surface area contributed by atoms with Gasteiger partial charge in [-0.25, -0.2) is 0 Å². The Balaban J connectivity index is 1.67. The minimum absolute atomic E-state index is 0.153. The molecule has 0 saturated carbocycles. The molecule has 1 aliphatic rings. The number of aromatic hydroxyl groups is 1. The molecular weight excluding hydrogens is 328 g/mol. The van der Waals surface area contributed by atoms with Crippen molar-refractivity contribution in [1.82, 2.24) is 10.1 Å². The number of carbonyl (C=O) groups excluding carboxylic acids is 1. The highest BCUT2D eigenvalue weighted by molar-refractivity contribution is 7.98. The molecule has 1 atom stereocenters. The maximum atomic E-state index is 12.6. The molecule has 0 aliphatic carbocycles. The van der Waals surface area contributed by atoms with E-state index in [0.29, 0.717) is 36.9 Å². The maximum absolute atomic E-state index is 12.6. The topological polar surface area (TPSA) is 75.8 Å². The lowest BCUT2D eigenvalue weighted by atomic mass is 10.1. The SMILES string of the molecule is CCSCc1cc(C(=O)N2CCO[C@@H](c3cccc(O)c3)C2)no1. The van der Waals surface area contributed by atoms with Gasteiger partial charge in [0.15, 0.2) is 5.69 Å². The van der Waals surface area contributed by atoms with Crippen LogP contribution in [0.25, 0.3) is 0 Å². The number of hydrogen-bond donors (Lipinski definition) is 1. The number of nitrogens with zero attached hydrogens (tertiary/aromatic N) is 2. The van der Waals surface area contributed by atoms with Gasteiger partial charge in [0, 0.05) is 12.6 Å². The van der Waals surface area contributed by atoms with E-state index in [1.54, 1.807) is 40.9 Å². The molecule has 1 fully saturated rings. The lowest BCUT2D eigenvalue weighted by molar-refractivity contribution is -0.0231. The second-order valence-corrected chi connectivity index (χ2v) is 6.80. The standard InChI is InChI=1S/C17H20N2O4S/c1-2-24-11-14-9-15(18-23-14)17(21)19-6-7-22-16(10-19)12-4-3-5-13(20)8-12/h3-5,8-9,16,20H,2,6-7,10-11H2,1H3/t16-/m1/s1. The van der Waals surface area contributed by atoms with Gasteiger partial charge in [0.1, 0.15) is 17.6 Å². The second-order valence-electron chi connectivity index (χ2n) is 5.52. The molecule has 6 nitrogen and oxygen atoms in total. The third-order valence-electron chi connectivity index (χ3n) is 3.82. The van der Waals surface area contributed by atoms with Gasteiger partial charge in [-0.3, -0.25) is 4.79 Å². The summed E-state index contributed by atoms with van der Waals surface area (Å²) in [4.78, 5) is 14.3. The van der Waals surface area contributed by atoms with Crippen LogP contribution in [0.5, 0.6) is 5.75 Å². The second kappa shape index (κ2) is 7.72. The molecule has 7 heteroatoms. The summed E-state index contributed by atoms with van der Waals surface area (Å²) in [5, 5.41) is 13.5. The van der Waals surface area contributed by atoms with Crippen molar-refractivity contribution in [2.45, 2.75) is 18.8 Å². The average Bonchev–Trinajstić information content (AvgIpc) is 3.08. The van der Waals surface area contributed by atoms with Crippen LogP contribution in [0.3, 0.4) is 0 Å². The van der Waals surface area contributed by atoms with Crippen LogP contribution in [0.2, 0.25) is 0 Å². The van der Waals surface area contributed by atoms with E-state index in [4.69, 9.17) is 9.26 Å². The lowest BCUT2D eigenvalue weighted by Gasteiger charge is -2.32. The van der Waals surface area contributed by atoms with E-state index >= 15 is 0 Å². The molecule has 1 amide bonds. The van der Waals surface area contributed by atoms with Crippen LogP contribution < -0.4 is 0 Å². The van der Waals surface area contributed by atoms with Crippen molar-refractivity contribution in [3.05, 3.63) is 47.3 Å². The molecule has 1 N–H and O–H groups in total. The maximum Gasteiger partial charge on any atom is 0.276 e. The van der Waals surface area contributed by atoms with Crippen molar-refractivity contribution in [3.8, 4) is 5.75 Å². The van der Waals surface area contributed by atoms with Crippen LogP contribution in [0.4, 0.5) is 0 Å². The monoisotopic (exact) mass is 348 g/mol. The molecule has 0 bridgehead atoms. The largest absolute Gasteiger partial charge is 0.508 e. The van der Waals surface area contributed by atoms with Gasteiger partial charge in [-0.05, 0) is 23.4 Å². The smallest absolute Gasteiger partial charge is 0.276 e. The molecule has 24 heavy (non-hydrogen) atoms. The third-order valence-corrected chi connectivity index (χ3v) is 4.72. The predicted molar refractivity (Wildman–Crippen MR) is 91.0 cm³/mol. The highest BCUT2D eigenvalue weighted by Crippen LogP contribution is 2.26. The van der Waals surface area contributed by atoms with Crippen molar-refractivity contribution in [3.63, 3.8) is 0 Å². The fourth-order valence-electron chi connectivity index (χ4n) is 2.61. The zero-order valence-electron chi connectivity index (χ0n) is 13.5. The van der Waals surface area contributed by atoms with Crippen LogP contribution in [0.1, 0.15) is 34.8 Å². The first kappa shape index (κ1) is 16.9. The minimum Gasteiger partial charge on any atom is -0.508 e. The van der Waals surface area contributed by atoms with Crippen molar-refractivity contribution < 1.29 is 19.2 Å². The molecule has 3 rings (SSSR count). The molecule has 2 heterocycles. The summed E-state index contributed by atoms with van der Waals surface area (Å²) < 4.78 is 11.0. The summed E-state index contributed by atoms with van der Waals surface area (Å²) in [7, 11) is 0. The number of amides is 1. The van der Waals surface area contributed by atoms with Crippen LogP contribution in [-0.4, -0.2) is 46.5 Å². The van der Waals surface area contributed by atoms with E-state index in [1.165, 1.54) is 0 Å². The predicted octanol–water partition coefficient (Wildman–Crippen LogP) is 2.85. The summed E-state index contributed by atoms with van der Waals surface area (Å²) in [6.45, 7) is 3.46. The summed E-state index contributed by atoms with van der Waals surface area (Å²) in [5.74, 6) is 2.45. The average molecular weight is 348 g/mol. The summed E-state index contributed by atoms with van der Waals surface area (Å²) in [5.41, 5.74) is 1.19. The Bertz CT molecular complexity index is 703. The van der Waals surface area contributed by atoms with E-state index in [9.17, 15) is 9.90 Å². The lowest BCUT2D eigenvalue weighted by Crippen LogP contribution is -2.42. The molecule has 0 spiro atoms. The fourth-order valence-corrected chi connectivity index (χ4v) is 3.15. The van der Waals surface area contributed by atoms with E-state index in [0.717, 1.165) is 11.3 Å². The minimum atomic E-state index is -0.253. The number of phenolic OH excluding ortho intramolecular Hbond substituents is 1. The van der Waals surface area contributed by atoms with E-state index in [1.807, 2.05) is 6.07 Å². The van der Waals surface area contributed by atoms with E-state index in [-0.39, 0.29) is 17.8 Å². The van der Waals surface area contributed by atoms with Crippen LogP contribution in [0, 0.1) is 0 Å². The summed E-state index contributed by atoms with van der Waals surface area (Å²) in [6.07, 6.45) is -0.253. The molecule has 0 unspecified atom stereocenters. The highest BCUT2D eigenvalue weighted by atomic mass is 32.2. The molecule has 0 radical (unpaired) electrons. The number of phenols is 1. The molecule has 1 aromatic heterocycles. The molecule has 1 aromatic carbocycles. The number of thioether (sulfide) groups is 1. The highest BCUT2D eigenvalue weighted by Gasteiger charge is 2.28. The Morgan fingerprint density at radius 3 is 3.12 bits per heavy atom. The quantitative estimate of drug-likeness (QED) is 0.895. The molecule has 128 valence electrons. The Morgan fingerprint density at radius 1 is 1.46 bits per heavy atom. The number of carbonyl (C=O) groups is 1. The van der Waals surface area contributed by atoms with Gasteiger partial charge in [-0.1, -0.05) is 24.2 Å². The Morgan fingerprint density at radius 2 is 2.33 bits per heavy atom. The Labute approximate surface area is 144 Å². The van der Waals surface area contributed by atoms with Gasteiger partial charge in [-0.15, -0.1) is 0 Å². The summed E-state index contributed by atoms with van der Waals surface area (Å²) in [6, 6.07) is 8.64. The molecule has 1 aliphatic heterocycles. The van der Waals surface area contributed by atoms with Crippen molar-refractivity contribution >= 4 is 17.7 Å². The third kappa shape index (κ3) is 3.91. The zero-order valence-corrected chi connectivity index (χ0v) is 14.3. The fraction of sp³-hybridized carbons (Fsp3) is 0.412. The normalized spacial score (nSPS) is 17.9. The van der Waals surface area contributed by atoms with Gasteiger partial charge in [0.05, 0.1) is 18.9 Å². The Hall–Kier alpha value is -1.99. The number of morpholine rings is 1. The number of rotatable bonds is 5. The number of hydrogen-bond acceptors (Lipinski definition) is 6. The van der Waals surface area contributed by atoms with E-state index < -0.39 is 0 Å². The van der Waals surface area contributed by atoms with Gasteiger partial charge >= 0.3 is 0 Å². The van der Waals surface area contributed by atoms with Crippen LogP contribution >= 0.6 is 11.8 Å².